The Balaban J connectivity index is 2.13. The molecular formula is C22H28N2O5. The second kappa shape index (κ2) is 9.41. The van der Waals surface area contributed by atoms with Crippen molar-refractivity contribution in [2.45, 2.75) is 59.3 Å². The topological polar surface area (TPSA) is 86.6 Å². The van der Waals surface area contributed by atoms with E-state index in [1.54, 1.807) is 26.8 Å². The Kier molecular flexibility index (Phi) is 7.20. The molecule has 1 aromatic heterocycles. The summed E-state index contributed by atoms with van der Waals surface area (Å²) >= 11 is 0. The molecular weight excluding hydrogens is 372 g/mol. The molecule has 0 bridgehead atoms. The van der Waals surface area contributed by atoms with Gasteiger partial charge in [-0.3, -0.25) is 14.9 Å². The fourth-order valence-corrected chi connectivity index (χ4v) is 2.72. The number of pyridine rings is 1. The van der Waals surface area contributed by atoms with Crippen molar-refractivity contribution in [3.63, 3.8) is 0 Å². The molecule has 1 N–H and O–H groups in total. The molecule has 1 amide bonds. The highest BCUT2D eigenvalue weighted by atomic mass is 16.6. The van der Waals surface area contributed by atoms with Gasteiger partial charge in [0.2, 0.25) is 0 Å². The SMILES string of the molecule is CC(C)c1cc(NC(=O)OCc2ccccc2)cc(=O)n1CC(=O)OC(C)(C)C. The van der Waals surface area contributed by atoms with Crippen molar-refractivity contribution in [2.24, 2.45) is 0 Å². The van der Waals surface area contributed by atoms with Crippen molar-refractivity contribution < 1.29 is 19.1 Å². The van der Waals surface area contributed by atoms with Gasteiger partial charge in [-0.25, -0.2) is 4.79 Å². The number of carbonyl (C=O) groups excluding carboxylic acids is 2. The molecule has 2 aromatic rings. The Morgan fingerprint density at radius 1 is 1.10 bits per heavy atom. The van der Waals surface area contributed by atoms with Crippen molar-refractivity contribution in [1.29, 1.82) is 0 Å². The predicted octanol–water partition coefficient (Wildman–Crippen LogP) is 4.06. The maximum absolute atomic E-state index is 12.6. The van der Waals surface area contributed by atoms with E-state index in [2.05, 4.69) is 5.32 Å². The van der Waals surface area contributed by atoms with Crippen LogP contribution in [0.2, 0.25) is 0 Å². The third kappa shape index (κ3) is 7.10. The van der Waals surface area contributed by atoms with Crippen LogP contribution in [-0.2, 0) is 27.4 Å². The Labute approximate surface area is 170 Å². The molecule has 7 nitrogen and oxygen atoms in total. The van der Waals surface area contributed by atoms with Crippen LogP contribution in [0.1, 0.15) is 51.8 Å². The number of hydrogen-bond acceptors (Lipinski definition) is 5. The summed E-state index contributed by atoms with van der Waals surface area (Å²) in [5.74, 6) is -0.545. The molecule has 0 aliphatic heterocycles. The maximum atomic E-state index is 12.6. The lowest BCUT2D eigenvalue weighted by Crippen LogP contribution is -2.32. The lowest BCUT2D eigenvalue weighted by atomic mass is 10.1. The Morgan fingerprint density at radius 2 is 1.76 bits per heavy atom. The van der Waals surface area contributed by atoms with Gasteiger partial charge in [-0.1, -0.05) is 44.2 Å². The molecule has 0 aliphatic rings. The molecule has 29 heavy (non-hydrogen) atoms. The van der Waals surface area contributed by atoms with Gasteiger partial charge in [0.05, 0.1) is 5.69 Å². The lowest BCUT2D eigenvalue weighted by molar-refractivity contribution is -0.155. The van der Waals surface area contributed by atoms with E-state index in [4.69, 9.17) is 9.47 Å². The van der Waals surface area contributed by atoms with Crippen LogP contribution >= 0.6 is 0 Å². The number of carbonyl (C=O) groups is 2. The first-order valence-corrected chi connectivity index (χ1v) is 9.49. The normalized spacial score (nSPS) is 11.2. The van der Waals surface area contributed by atoms with Crippen molar-refractivity contribution in [3.05, 3.63) is 64.1 Å². The summed E-state index contributed by atoms with van der Waals surface area (Å²) in [5, 5.41) is 2.58. The third-order valence-electron chi connectivity index (χ3n) is 3.92. The number of rotatable bonds is 6. The maximum Gasteiger partial charge on any atom is 0.411 e. The van der Waals surface area contributed by atoms with Gasteiger partial charge in [-0.2, -0.15) is 0 Å². The van der Waals surface area contributed by atoms with Gasteiger partial charge >= 0.3 is 12.1 Å². The largest absolute Gasteiger partial charge is 0.459 e. The molecule has 0 atom stereocenters. The zero-order chi connectivity index (χ0) is 21.6. The van der Waals surface area contributed by atoms with E-state index in [1.807, 2.05) is 44.2 Å². The average molecular weight is 400 g/mol. The minimum absolute atomic E-state index is 0.0489. The molecule has 7 heteroatoms. The second-order valence-corrected chi connectivity index (χ2v) is 8.02. The monoisotopic (exact) mass is 400 g/mol. The summed E-state index contributed by atoms with van der Waals surface area (Å²) in [4.78, 5) is 36.8. The van der Waals surface area contributed by atoms with Gasteiger partial charge in [0.15, 0.2) is 0 Å². The van der Waals surface area contributed by atoms with Gasteiger partial charge < -0.3 is 14.0 Å². The Hall–Kier alpha value is -3.09. The molecule has 0 saturated carbocycles. The number of anilines is 1. The number of ether oxygens (including phenoxy) is 2. The van der Waals surface area contributed by atoms with Crippen LogP contribution in [-0.4, -0.2) is 22.2 Å². The zero-order valence-corrected chi connectivity index (χ0v) is 17.5. The van der Waals surface area contributed by atoms with Crippen LogP contribution < -0.4 is 10.9 Å². The highest BCUT2D eigenvalue weighted by molar-refractivity contribution is 5.84. The lowest BCUT2D eigenvalue weighted by Gasteiger charge is -2.21. The van der Waals surface area contributed by atoms with E-state index in [-0.39, 0.29) is 19.1 Å². The van der Waals surface area contributed by atoms with Crippen LogP contribution in [0, 0.1) is 0 Å². The van der Waals surface area contributed by atoms with Crippen LogP contribution in [0.3, 0.4) is 0 Å². The second-order valence-electron chi connectivity index (χ2n) is 8.02. The summed E-state index contributed by atoms with van der Waals surface area (Å²) in [7, 11) is 0. The quantitative estimate of drug-likeness (QED) is 0.739. The van der Waals surface area contributed by atoms with E-state index in [0.29, 0.717) is 11.4 Å². The van der Waals surface area contributed by atoms with E-state index >= 15 is 0 Å². The summed E-state index contributed by atoms with van der Waals surface area (Å²) in [6.45, 7) is 9.04. The van der Waals surface area contributed by atoms with E-state index in [9.17, 15) is 14.4 Å². The smallest absolute Gasteiger partial charge is 0.411 e. The molecule has 1 aromatic carbocycles. The Morgan fingerprint density at radius 3 is 2.34 bits per heavy atom. The van der Waals surface area contributed by atoms with Crippen LogP contribution in [0.5, 0.6) is 0 Å². The van der Waals surface area contributed by atoms with E-state index < -0.39 is 23.2 Å². The van der Waals surface area contributed by atoms with Gasteiger partial charge in [-0.05, 0) is 38.3 Å². The molecule has 0 fully saturated rings. The highest BCUT2D eigenvalue weighted by Crippen LogP contribution is 2.18. The number of aromatic nitrogens is 1. The molecule has 0 aliphatic carbocycles. The third-order valence-corrected chi connectivity index (χ3v) is 3.92. The van der Waals surface area contributed by atoms with Crippen LogP contribution in [0.25, 0.3) is 0 Å². The molecule has 0 spiro atoms. The van der Waals surface area contributed by atoms with Gasteiger partial charge in [-0.15, -0.1) is 0 Å². The summed E-state index contributed by atoms with van der Waals surface area (Å²) in [5.41, 5.74) is 0.750. The molecule has 156 valence electrons. The predicted molar refractivity (Wildman–Crippen MR) is 111 cm³/mol. The first kappa shape index (κ1) is 22.2. The van der Waals surface area contributed by atoms with Gasteiger partial charge in [0.25, 0.3) is 5.56 Å². The first-order valence-electron chi connectivity index (χ1n) is 9.49. The fourth-order valence-electron chi connectivity index (χ4n) is 2.72. The standard InChI is InChI=1S/C22H28N2O5/c1-15(2)18-11-17(23-21(27)28-14-16-9-7-6-8-10-16)12-19(25)24(18)13-20(26)29-22(3,4)5/h6-12,15H,13-14H2,1-5H3,(H,23,27). The summed E-state index contributed by atoms with van der Waals surface area (Å²) < 4.78 is 11.9. The Bertz CT molecular complexity index is 911. The van der Waals surface area contributed by atoms with Crippen molar-refractivity contribution >= 4 is 17.7 Å². The van der Waals surface area contributed by atoms with Gasteiger partial charge in [0.1, 0.15) is 18.8 Å². The fraction of sp³-hybridized carbons (Fsp3) is 0.409. The summed E-state index contributed by atoms with van der Waals surface area (Å²) in [6, 6.07) is 12.2. The number of benzene rings is 1. The zero-order valence-electron chi connectivity index (χ0n) is 17.5. The van der Waals surface area contributed by atoms with Crippen LogP contribution in [0.4, 0.5) is 10.5 Å². The number of esters is 1. The number of nitrogens with one attached hydrogen (secondary N) is 1. The van der Waals surface area contributed by atoms with E-state index in [0.717, 1.165) is 5.56 Å². The van der Waals surface area contributed by atoms with E-state index in [1.165, 1.54) is 10.6 Å². The number of amides is 1. The highest BCUT2D eigenvalue weighted by Gasteiger charge is 2.19. The van der Waals surface area contributed by atoms with Crippen molar-refractivity contribution in [1.82, 2.24) is 4.57 Å². The minimum Gasteiger partial charge on any atom is -0.459 e. The molecule has 0 saturated heterocycles. The first-order chi connectivity index (χ1) is 13.5. The molecule has 2 rings (SSSR count). The average Bonchev–Trinajstić information content (AvgIpc) is 2.61. The number of hydrogen-bond donors (Lipinski definition) is 1. The van der Waals surface area contributed by atoms with Crippen molar-refractivity contribution in [2.75, 3.05) is 5.32 Å². The molecule has 0 radical (unpaired) electrons. The van der Waals surface area contributed by atoms with Crippen LogP contribution in [0.15, 0.2) is 47.3 Å². The molecule has 0 unspecified atom stereocenters. The summed E-state index contributed by atoms with van der Waals surface area (Å²) in [6.07, 6.45) is -0.659. The number of nitrogens with zero attached hydrogens (tertiary/aromatic N) is 1. The molecule has 1 heterocycles. The van der Waals surface area contributed by atoms with Gasteiger partial charge in [0, 0.05) is 11.8 Å². The minimum atomic E-state index is -0.659. The van der Waals surface area contributed by atoms with Crippen molar-refractivity contribution in [3.8, 4) is 0 Å².